The molecule has 7 nitrogen and oxygen atoms in total. The van der Waals surface area contributed by atoms with Crippen LogP contribution >= 0.6 is 0 Å². The van der Waals surface area contributed by atoms with Crippen LogP contribution in [0.5, 0.6) is 5.75 Å². The molecule has 0 radical (unpaired) electrons. The maximum Gasteiger partial charge on any atom is 0.309 e. The van der Waals surface area contributed by atoms with Gasteiger partial charge in [0, 0.05) is 37.4 Å². The highest BCUT2D eigenvalue weighted by molar-refractivity contribution is 6.35. The molecule has 2 amide bonds. The summed E-state index contributed by atoms with van der Waals surface area (Å²) in [6.45, 7) is 3.95. The van der Waals surface area contributed by atoms with Crippen LogP contribution in [0.25, 0.3) is 0 Å². The highest BCUT2D eigenvalue weighted by Gasteiger charge is 2.14. The number of para-hydroxylation sites is 1. The summed E-state index contributed by atoms with van der Waals surface area (Å²) >= 11 is 0. The van der Waals surface area contributed by atoms with Crippen molar-refractivity contribution in [1.82, 2.24) is 10.6 Å². The molecule has 0 unspecified atom stereocenters. The van der Waals surface area contributed by atoms with Gasteiger partial charge in [-0.2, -0.15) is 0 Å². The SMILES string of the molecule is COc1ccccc1CNC(=O)C(=O)NCCc1ccc(N2CCOCC2)cc1. The Bertz CT molecular complexity index is 817. The fourth-order valence-electron chi connectivity index (χ4n) is 3.20. The second-order valence-corrected chi connectivity index (χ2v) is 6.77. The predicted octanol–water partition coefficient (Wildman–Crippen LogP) is 1.51. The summed E-state index contributed by atoms with van der Waals surface area (Å²) in [5.41, 5.74) is 3.10. The third-order valence-electron chi connectivity index (χ3n) is 4.85. The number of hydrogen-bond acceptors (Lipinski definition) is 5. The fourth-order valence-corrected chi connectivity index (χ4v) is 3.20. The molecule has 0 saturated carbocycles. The maximum absolute atomic E-state index is 12.0. The van der Waals surface area contributed by atoms with Crippen molar-refractivity contribution in [3.05, 3.63) is 59.7 Å². The van der Waals surface area contributed by atoms with Crippen LogP contribution in [0.4, 0.5) is 5.69 Å². The van der Waals surface area contributed by atoms with E-state index in [9.17, 15) is 9.59 Å². The molecule has 1 aliphatic heterocycles. The van der Waals surface area contributed by atoms with Crippen LogP contribution in [0.1, 0.15) is 11.1 Å². The smallest absolute Gasteiger partial charge is 0.309 e. The Morgan fingerprint density at radius 1 is 1.00 bits per heavy atom. The number of anilines is 1. The lowest BCUT2D eigenvalue weighted by Gasteiger charge is -2.28. The van der Waals surface area contributed by atoms with Gasteiger partial charge in [0.2, 0.25) is 0 Å². The number of rotatable bonds is 7. The minimum Gasteiger partial charge on any atom is -0.496 e. The molecule has 29 heavy (non-hydrogen) atoms. The maximum atomic E-state index is 12.0. The minimum absolute atomic E-state index is 0.235. The molecular formula is C22H27N3O4. The van der Waals surface area contributed by atoms with Crippen molar-refractivity contribution >= 4 is 17.5 Å². The number of carbonyl (C=O) groups excluding carboxylic acids is 2. The van der Waals surface area contributed by atoms with Crippen molar-refractivity contribution in [1.29, 1.82) is 0 Å². The molecule has 1 saturated heterocycles. The van der Waals surface area contributed by atoms with Crippen LogP contribution in [0.2, 0.25) is 0 Å². The standard InChI is InChI=1S/C22H27N3O4/c1-28-20-5-3-2-4-18(20)16-24-22(27)21(26)23-11-10-17-6-8-19(9-7-17)25-12-14-29-15-13-25/h2-9H,10-16H2,1H3,(H,23,26)(H,24,27). The topological polar surface area (TPSA) is 79.9 Å². The van der Waals surface area contributed by atoms with Gasteiger partial charge >= 0.3 is 11.8 Å². The van der Waals surface area contributed by atoms with Gasteiger partial charge in [-0.3, -0.25) is 9.59 Å². The summed E-state index contributed by atoms with van der Waals surface area (Å²) in [7, 11) is 1.57. The summed E-state index contributed by atoms with van der Waals surface area (Å²) in [4.78, 5) is 26.3. The van der Waals surface area contributed by atoms with Crippen LogP contribution < -0.4 is 20.3 Å². The number of nitrogens with zero attached hydrogens (tertiary/aromatic N) is 1. The first kappa shape index (κ1) is 20.7. The normalized spacial score (nSPS) is 13.6. The van der Waals surface area contributed by atoms with Gasteiger partial charge in [-0.25, -0.2) is 0 Å². The molecule has 1 aliphatic rings. The summed E-state index contributed by atoms with van der Waals surface area (Å²) in [5, 5.41) is 5.28. The first-order chi connectivity index (χ1) is 14.2. The van der Waals surface area contributed by atoms with Gasteiger partial charge in [0.1, 0.15) is 5.75 Å². The van der Waals surface area contributed by atoms with Crippen LogP contribution in [0.15, 0.2) is 48.5 Å². The Labute approximate surface area is 171 Å². The monoisotopic (exact) mass is 397 g/mol. The van der Waals surface area contributed by atoms with Crippen molar-refractivity contribution < 1.29 is 19.1 Å². The van der Waals surface area contributed by atoms with Crippen LogP contribution in [0, 0.1) is 0 Å². The Morgan fingerprint density at radius 3 is 2.41 bits per heavy atom. The number of benzene rings is 2. The van der Waals surface area contributed by atoms with Gasteiger partial charge in [-0.1, -0.05) is 30.3 Å². The number of nitrogens with one attached hydrogen (secondary N) is 2. The molecule has 0 bridgehead atoms. The van der Waals surface area contributed by atoms with Crippen molar-refractivity contribution in [3.8, 4) is 5.75 Å². The van der Waals surface area contributed by atoms with Crippen molar-refractivity contribution in [3.63, 3.8) is 0 Å². The molecule has 1 fully saturated rings. The van der Waals surface area contributed by atoms with E-state index in [1.807, 2.05) is 24.3 Å². The molecule has 0 aliphatic carbocycles. The van der Waals surface area contributed by atoms with E-state index in [0.29, 0.717) is 18.7 Å². The van der Waals surface area contributed by atoms with E-state index in [2.05, 4.69) is 39.8 Å². The van der Waals surface area contributed by atoms with Gasteiger partial charge in [-0.15, -0.1) is 0 Å². The van der Waals surface area contributed by atoms with E-state index in [0.717, 1.165) is 37.4 Å². The number of morpholine rings is 1. The molecule has 7 heteroatoms. The molecule has 2 N–H and O–H groups in total. The average Bonchev–Trinajstić information content (AvgIpc) is 2.78. The van der Waals surface area contributed by atoms with Gasteiger partial charge in [0.15, 0.2) is 0 Å². The molecule has 1 heterocycles. The fraction of sp³-hybridized carbons (Fsp3) is 0.364. The Morgan fingerprint density at radius 2 is 1.69 bits per heavy atom. The lowest BCUT2D eigenvalue weighted by atomic mass is 10.1. The molecule has 0 aromatic heterocycles. The van der Waals surface area contributed by atoms with Crippen molar-refractivity contribution in [2.75, 3.05) is 44.9 Å². The first-order valence-electron chi connectivity index (χ1n) is 9.77. The third-order valence-corrected chi connectivity index (χ3v) is 4.85. The lowest BCUT2D eigenvalue weighted by Crippen LogP contribution is -2.40. The van der Waals surface area contributed by atoms with E-state index in [1.54, 1.807) is 7.11 Å². The number of hydrogen-bond donors (Lipinski definition) is 2. The lowest BCUT2D eigenvalue weighted by molar-refractivity contribution is -0.139. The minimum atomic E-state index is -0.654. The Balaban J connectivity index is 1.40. The van der Waals surface area contributed by atoms with Crippen LogP contribution in [-0.4, -0.2) is 51.8 Å². The molecule has 154 valence electrons. The molecule has 2 aromatic carbocycles. The van der Waals surface area contributed by atoms with Gasteiger partial charge < -0.3 is 25.0 Å². The van der Waals surface area contributed by atoms with E-state index < -0.39 is 11.8 Å². The quantitative estimate of drug-likeness (QED) is 0.693. The van der Waals surface area contributed by atoms with Crippen molar-refractivity contribution in [2.24, 2.45) is 0 Å². The van der Waals surface area contributed by atoms with Crippen molar-refractivity contribution in [2.45, 2.75) is 13.0 Å². The number of amides is 2. The summed E-state index contributed by atoms with van der Waals surface area (Å²) in [5.74, 6) is -0.614. The molecule has 0 atom stereocenters. The Hall–Kier alpha value is -3.06. The van der Waals surface area contributed by atoms with Crippen LogP contribution in [0.3, 0.4) is 0 Å². The number of carbonyl (C=O) groups is 2. The molecule has 3 rings (SSSR count). The summed E-state index contributed by atoms with van der Waals surface area (Å²) in [6.07, 6.45) is 0.662. The third kappa shape index (κ3) is 5.96. The van der Waals surface area contributed by atoms with Gasteiger partial charge in [-0.05, 0) is 30.2 Å². The second kappa shape index (κ2) is 10.5. The Kier molecular flexibility index (Phi) is 7.47. The van der Waals surface area contributed by atoms with E-state index in [-0.39, 0.29) is 6.54 Å². The van der Waals surface area contributed by atoms with E-state index in [4.69, 9.17) is 9.47 Å². The van der Waals surface area contributed by atoms with Gasteiger partial charge in [0.05, 0.1) is 20.3 Å². The van der Waals surface area contributed by atoms with E-state index in [1.165, 1.54) is 5.69 Å². The zero-order valence-corrected chi connectivity index (χ0v) is 16.6. The zero-order valence-electron chi connectivity index (χ0n) is 16.6. The molecule has 2 aromatic rings. The highest BCUT2D eigenvalue weighted by Crippen LogP contribution is 2.17. The van der Waals surface area contributed by atoms with Gasteiger partial charge in [0.25, 0.3) is 0 Å². The largest absolute Gasteiger partial charge is 0.496 e. The summed E-state index contributed by atoms with van der Waals surface area (Å²) < 4.78 is 10.6. The first-order valence-corrected chi connectivity index (χ1v) is 9.77. The highest BCUT2D eigenvalue weighted by atomic mass is 16.5. The number of methoxy groups -OCH3 is 1. The molecular weight excluding hydrogens is 370 g/mol. The number of ether oxygens (including phenoxy) is 2. The molecule has 0 spiro atoms. The average molecular weight is 397 g/mol. The summed E-state index contributed by atoms with van der Waals surface area (Å²) in [6, 6.07) is 15.6. The van der Waals surface area contributed by atoms with E-state index >= 15 is 0 Å². The van der Waals surface area contributed by atoms with Crippen LogP contribution in [-0.2, 0) is 27.3 Å². The zero-order chi connectivity index (χ0) is 20.5. The predicted molar refractivity (Wildman–Crippen MR) is 111 cm³/mol. The second-order valence-electron chi connectivity index (χ2n) is 6.77.